The number of nitrogens with one attached hydrogen (secondary N) is 1. The van der Waals surface area contributed by atoms with Gasteiger partial charge in [0.1, 0.15) is 11.5 Å². The molecule has 6 nitrogen and oxygen atoms in total. The summed E-state index contributed by atoms with van der Waals surface area (Å²) in [6, 6.07) is 5.37. The fourth-order valence-electron chi connectivity index (χ4n) is 3.81. The topological polar surface area (TPSA) is 62.6 Å². The largest absolute Gasteiger partial charge is 0.299 e. The van der Waals surface area contributed by atoms with Crippen LogP contribution in [-0.4, -0.2) is 43.0 Å². The van der Waals surface area contributed by atoms with Crippen LogP contribution in [0.25, 0.3) is 33.4 Å². The van der Waals surface area contributed by atoms with Gasteiger partial charge in [0.2, 0.25) is 0 Å². The Bertz CT molecular complexity index is 1170. The fourth-order valence-corrected chi connectivity index (χ4v) is 3.81. The lowest BCUT2D eigenvalue weighted by molar-refractivity contribution is 0.172. The summed E-state index contributed by atoms with van der Waals surface area (Å²) in [6.07, 6.45) is 6.64. The number of halogens is 1. The molecular weight excluding hydrogens is 355 g/mol. The Morgan fingerprint density at radius 2 is 2.07 bits per heavy atom. The molecule has 4 aromatic rings. The number of H-pyrrole nitrogens is 1. The van der Waals surface area contributed by atoms with Crippen LogP contribution in [0, 0.1) is 12.7 Å². The minimum Gasteiger partial charge on any atom is -0.299 e. The highest BCUT2D eigenvalue weighted by atomic mass is 19.1. The second kappa shape index (κ2) is 6.53. The predicted molar refractivity (Wildman–Crippen MR) is 106 cm³/mol. The summed E-state index contributed by atoms with van der Waals surface area (Å²) in [5, 5.41) is 12.6. The van der Waals surface area contributed by atoms with E-state index < -0.39 is 0 Å². The smallest absolute Gasteiger partial charge is 0.132 e. The number of rotatable bonds is 4. The molecule has 1 saturated heterocycles. The zero-order chi connectivity index (χ0) is 19.3. The Hall–Kier alpha value is -3.06. The highest BCUT2D eigenvalue weighted by molar-refractivity contribution is 5.94. The van der Waals surface area contributed by atoms with Crippen molar-refractivity contribution in [3.63, 3.8) is 0 Å². The normalized spacial score (nSPS) is 14.5. The molecule has 4 heterocycles. The third-order valence-corrected chi connectivity index (χ3v) is 5.55. The summed E-state index contributed by atoms with van der Waals surface area (Å²) in [7, 11) is 1.87. The van der Waals surface area contributed by atoms with E-state index in [9.17, 15) is 4.39 Å². The van der Waals surface area contributed by atoms with E-state index in [1.165, 1.54) is 6.42 Å². The van der Waals surface area contributed by atoms with Crippen LogP contribution in [0.1, 0.15) is 17.5 Å². The SMILES string of the molecule is Cc1c(CN2CCC2)ccc(F)c1-c1cc2c(-c3cnn(C)c3)n[nH]c2cn1. The van der Waals surface area contributed by atoms with Gasteiger partial charge in [-0.2, -0.15) is 10.2 Å². The predicted octanol–water partition coefficient (Wildman–Crippen LogP) is 3.68. The summed E-state index contributed by atoms with van der Waals surface area (Å²) < 4.78 is 16.5. The molecular formula is C21H21FN6. The van der Waals surface area contributed by atoms with Crippen molar-refractivity contribution in [2.24, 2.45) is 7.05 Å². The number of aromatic amines is 1. The molecule has 0 atom stereocenters. The summed E-state index contributed by atoms with van der Waals surface area (Å²) in [5.74, 6) is -0.247. The minimum absolute atomic E-state index is 0.247. The number of hydrogen-bond donors (Lipinski definition) is 1. The molecule has 28 heavy (non-hydrogen) atoms. The van der Waals surface area contributed by atoms with Crippen molar-refractivity contribution in [2.45, 2.75) is 19.9 Å². The number of hydrogen-bond acceptors (Lipinski definition) is 4. The summed E-state index contributed by atoms with van der Waals surface area (Å²) in [5.41, 5.74) is 5.81. The van der Waals surface area contributed by atoms with Crippen LogP contribution in [0.15, 0.2) is 36.8 Å². The van der Waals surface area contributed by atoms with Crippen LogP contribution in [0.4, 0.5) is 4.39 Å². The first-order valence-corrected chi connectivity index (χ1v) is 9.44. The third kappa shape index (κ3) is 2.79. The van der Waals surface area contributed by atoms with Gasteiger partial charge in [0.25, 0.3) is 0 Å². The summed E-state index contributed by atoms with van der Waals surface area (Å²) in [6.45, 7) is 5.06. The molecule has 5 rings (SSSR count). The van der Waals surface area contributed by atoms with Crippen molar-refractivity contribution in [3.8, 4) is 22.5 Å². The van der Waals surface area contributed by atoms with Gasteiger partial charge in [-0.3, -0.25) is 19.7 Å². The number of aryl methyl sites for hydroxylation is 1. The van der Waals surface area contributed by atoms with E-state index in [1.807, 2.05) is 32.3 Å². The molecule has 3 aromatic heterocycles. The van der Waals surface area contributed by atoms with E-state index in [4.69, 9.17) is 0 Å². The van der Waals surface area contributed by atoms with E-state index in [2.05, 4.69) is 25.2 Å². The lowest BCUT2D eigenvalue weighted by Gasteiger charge is -2.31. The van der Waals surface area contributed by atoms with Gasteiger partial charge in [0.15, 0.2) is 0 Å². The first kappa shape index (κ1) is 17.1. The number of likely N-dealkylation sites (tertiary alicyclic amines) is 1. The molecule has 0 radical (unpaired) electrons. The van der Waals surface area contributed by atoms with Gasteiger partial charge in [0.05, 0.1) is 23.6 Å². The molecule has 142 valence electrons. The van der Waals surface area contributed by atoms with Crippen LogP contribution < -0.4 is 0 Å². The number of aromatic nitrogens is 5. The molecule has 0 amide bonds. The van der Waals surface area contributed by atoms with Crippen molar-refractivity contribution in [3.05, 3.63) is 53.7 Å². The van der Waals surface area contributed by atoms with Crippen molar-refractivity contribution in [1.29, 1.82) is 0 Å². The van der Waals surface area contributed by atoms with Gasteiger partial charge in [-0.25, -0.2) is 4.39 Å². The van der Waals surface area contributed by atoms with Gasteiger partial charge in [0, 0.05) is 36.3 Å². The Balaban J connectivity index is 1.62. The molecule has 1 fully saturated rings. The zero-order valence-electron chi connectivity index (χ0n) is 15.9. The van der Waals surface area contributed by atoms with Crippen LogP contribution in [0.5, 0.6) is 0 Å². The molecule has 1 N–H and O–H groups in total. The van der Waals surface area contributed by atoms with E-state index in [0.717, 1.165) is 52.9 Å². The van der Waals surface area contributed by atoms with E-state index in [1.54, 1.807) is 23.1 Å². The summed E-state index contributed by atoms with van der Waals surface area (Å²) >= 11 is 0. The molecule has 0 spiro atoms. The van der Waals surface area contributed by atoms with Gasteiger partial charge in [-0.05, 0) is 49.7 Å². The molecule has 1 aromatic carbocycles. The average Bonchev–Trinajstić information content (AvgIpc) is 3.25. The second-order valence-electron chi connectivity index (χ2n) is 7.43. The maximum atomic E-state index is 14.8. The number of nitrogens with zero attached hydrogens (tertiary/aromatic N) is 5. The second-order valence-corrected chi connectivity index (χ2v) is 7.43. The fraction of sp³-hybridized carbons (Fsp3) is 0.286. The highest BCUT2D eigenvalue weighted by Crippen LogP contribution is 2.33. The molecule has 7 heteroatoms. The Morgan fingerprint density at radius 3 is 2.79 bits per heavy atom. The Morgan fingerprint density at radius 1 is 1.21 bits per heavy atom. The number of pyridine rings is 1. The number of benzene rings is 1. The van der Waals surface area contributed by atoms with Crippen LogP contribution in [0.3, 0.4) is 0 Å². The van der Waals surface area contributed by atoms with Crippen molar-refractivity contribution < 1.29 is 4.39 Å². The molecule has 0 aliphatic carbocycles. The van der Waals surface area contributed by atoms with E-state index in [-0.39, 0.29) is 5.82 Å². The molecule has 1 aliphatic heterocycles. The molecule has 0 unspecified atom stereocenters. The lowest BCUT2D eigenvalue weighted by atomic mass is 9.97. The number of fused-ring (bicyclic) bond motifs is 1. The highest BCUT2D eigenvalue weighted by Gasteiger charge is 2.19. The Labute approximate surface area is 162 Å². The molecule has 0 bridgehead atoms. The average molecular weight is 376 g/mol. The maximum Gasteiger partial charge on any atom is 0.132 e. The molecule has 1 aliphatic rings. The zero-order valence-corrected chi connectivity index (χ0v) is 15.9. The standard InChI is InChI=1S/C21H21FN6/c1-13-14(12-28-6-3-7-28)4-5-17(22)20(13)18-8-16-19(10-23-18)25-26-21(16)15-9-24-27(2)11-15/h4-5,8-11H,3,6-7,12H2,1-2H3,(H,25,26). The maximum absolute atomic E-state index is 14.8. The monoisotopic (exact) mass is 376 g/mol. The van der Waals surface area contributed by atoms with Gasteiger partial charge >= 0.3 is 0 Å². The first-order valence-electron chi connectivity index (χ1n) is 9.44. The summed E-state index contributed by atoms with van der Waals surface area (Å²) in [4.78, 5) is 6.89. The van der Waals surface area contributed by atoms with E-state index in [0.29, 0.717) is 11.3 Å². The molecule has 0 saturated carbocycles. The van der Waals surface area contributed by atoms with Crippen LogP contribution >= 0.6 is 0 Å². The lowest BCUT2D eigenvalue weighted by Crippen LogP contribution is -2.36. The van der Waals surface area contributed by atoms with Gasteiger partial charge in [-0.15, -0.1) is 0 Å². The van der Waals surface area contributed by atoms with Crippen molar-refractivity contribution in [1.82, 2.24) is 29.9 Å². The van der Waals surface area contributed by atoms with Crippen LogP contribution in [-0.2, 0) is 13.6 Å². The van der Waals surface area contributed by atoms with Crippen molar-refractivity contribution in [2.75, 3.05) is 13.1 Å². The van der Waals surface area contributed by atoms with E-state index >= 15 is 0 Å². The minimum atomic E-state index is -0.247. The quantitative estimate of drug-likeness (QED) is 0.590. The van der Waals surface area contributed by atoms with Crippen molar-refractivity contribution >= 4 is 10.9 Å². The van der Waals surface area contributed by atoms with Gasteiger partial charge < -0.3 is 0 Å². The first-order chi connectivity index (χ1) is 13.6. The van der Waals surface area contributed by atoms with Crippen LogP contribution in [0.2, 0.25) is 0 Å². The van der Waals surface area contributed by atoms with Gasteiger partial charge in [-0.1, -0.05) is 6.07 Å². The Kier molecular flexibility index (Phi) is 3.98. The third-order valence-electron chi connectivity index (χ3n) is 5.55.